The van der Waals surface area contributed by atoms with Crippen molar-refractivity contribution >= 4 is 17.7 Å². The quantitative estimate of drug-likeness (QED) is 0.450. The molecule has 0 aliphatic carbocycles. The fourth-order valence-corrected chi connectivity index (χ4v) is 4.08. The van der Waals surface area contributed by atoms with Crippen molar-refractivity contribution in [1.29, 1.82) is 0 Å². The van der Waals surface area contributed by atoms with E-state index in [1.165, 1.54) is 0 Å². The van der Waals surface area contributed by atoms with E-state index < -0.39 is 5.54 Å². The predicted octanol–water partition coefficient (Wildman–Crippen LogP) is 2.56. The summed E-state index contributed by atoms with van der Waals surface area (Å²) >= 11 is 1.71. The summed E-state index contributed by atoms with van der Waals surface area (Å²) in [4.78, 5) is 12.0. The maximum atomic E-state index is 12.0. The van der Waals surface area contributed by atoms with Gasteiger partial charge in [-0.3, -0.25) is 15.3 Å². The Morgan fingerprint density at radius 1 is 1.08 bits per heavy atom. The lowest BCUT2D eigenvalue weighted by molar-refractivity contribution is -0.135. The number of hydroxylamine groups is 1. The number of carbonyl (C=O) groups excluding carboxylic acids is 1. The average molecular weight is 352 g/mol. The van der Waals surface area contributed by atoms with Gasteiger partial charge in [0.1, 0.15) is 5.54 Å². The monoisotopic (exact) mass is 352 g/mol. The summed E-state index contributed by atoms with van der Waals surface area (Å²) in [6.45, 7) is 0.570. The highest BCUT2D eigenvalue weighted by atomic mass is 32.2. The third kappa shape index (κ3) is 4.43. The molecule has 1 unspecified atom stereocenters. The Morgan fingerprint density at radius 3 is 2.36 bits per heavy atom. The topological polar surface area (TPSA) is 61.4 Å². The first kappa shape index (κ1) is 17.6. The van der Waals surface area contributed by atoms with E-state index in [0.29, 0.717) is 18.7 Å². The molecule has 0 saturated carbocycles. The van der Waals surface area contributed by atoms with Crippen molar-refractivity contribution in [1.82, 2.24) is 10.8 Å². The van der Waals surface area contributed by atoms with E-state index in [4.69, 9.17) is 5.21 Å². The molecular formula is C20H20N2O2S. The van der Waals surface area contributed by atoms with E-state index >= 15 is 0 Å². The summed E-state index contributed by atoms with van der Waals surface area (Å²) in [6.07, 6.45) is 0.713. The molecule has 25 heavy (non-hydrogen) atoms. The van der Waals surface area contributed by atoms with Gasteiger partial charge in [-0.15, -0.1) is 0 Å². The summed E-state index contributed by atoms with van der Waals surface area (Å²) in [7, 11) is 0. The molecule has 1 fully saturated rings. The van der Waals surface area contributed by atoms with Crippen LogP contribution in [-0.2, 0) is 11.3 Å². The highest BCUT2D eigenvalue weighted by molar-refractivity contribution is 7.99. The van der Waals surface area contributed by atoms with Gasteiger partial charge < -0.3 is 0 Å². The van der Waals surface area contributed by atoms with Crippen LogP contribution < -0.4 is 10.8 Å². The Kier molecular flexibility index (Phi) is 5.77. The third-order valence-corrected chi connectivity index (χ3v) is 5.46. The molecular weight excluding hydrogens is 332 g/mol. The summed E-state index contributed by atoms with van der Waals surface area (Å²) < 4.78 is 0. The minimum absolute atomic E-state index is 0.358. The summed E-state index contributed by atoms with van der Waals surface area (Å²) in [6, 6.07) is 17.9. The molecule has 3 rings (SSSR count). The number of hydrogen-bond acceptors (Lipinski definition) is 4. The fourth-order valence-electron chi connectivity index (χ4n) is 2.71. The van der Waals surface area contributed by atoms with Crippen LogP contribution in [0.4, 0.5) is 0 Å². The third-order valence-electron chi connectivity index (χ3n) is 4.27. The number of carbonyl (C=O) groups is 1. The lowest BCUT2D eigenvalue weighted by Crippen LogP contribution is -2.56. The lowest BCUT2D eigenvalue weighted by atomic mass is 9.97. The van der Waals surface area contributed by atoms with Crippen molar-refractivity contribution in [3.05, 3.63) is 71.3 Å². The minimum Gasteiger partial charge on any atom is -0.298 e. The van der Waals surface area contributed by atoms with Gasteiger partial charge >= 0.3 is 0 Å². The van der Waals surface area contributed by atoms with Gasteiger partial charge in [-0.25, -0.2) is 5.48 Å². The molecule has 0 aromatic heterocycles. The van der Waals surface area contributed by atoms with Crippen LogP contribution in [0.3, 0.4) is 0 Å². The zero-order chi connectivity index (χ0) is 17.5. The standard InChI is InChI=1S/C20H20N2O2S/c23-19(22-24)20(12-13-25-15-20)21-14-18-10-8-17(9-11-18)7-6-16-4-2-1-3-5-16/h1-5,8-11,21,24H,12-15H2,(H,22,23). The van der Waals surface area contributed by atoms with Gasteiger partial charge in [0.25, 0.3) is 5.91 Å². The first-order valence-corrected chi connectivity index (χ1v) is 9.31. The second kappa shape index (κ2) is 8.21. The van der Waals surface area contributed by atoms with Gasteiger partial charge in [0.2, 0.25) is 0 Å². The van der Waals surface area contributed by atoms with Crippen LogP contribution in [0.2, 0.25) is 0 Å². The number of rotatable bonds is 4. The number of benzene rings is 2. The van der Waals surface area contributed by atoms with E-state index in [9.17, 15) is 4.79 Å². The van der Waals surface area contributed by atoms with Gasteiger partial charge in [-0.1, -0.05) is 42.2 Å². The number of nitrogens with one attached hydrogen (secondary N) is 2. The molecule has 0 bridgehead atoms. The molecule has 0 radical (unpaired) electrons. The zero-order valence-electron chi connectivity index (χ0n) is 13.8. The smallest absolute Gasteiger partial charge is 0.264 e. The summed E-state index contributed by atoms with van der Waals surface area (Å²) in [5.74, 6) is 7.51. The Morgan fingerprint density at radius 2 is 1.76 bits per heavy atom. The van der Waals surface area contributed by atoms with Crippen molar-refractivity contribution in [3.63, 3.8) is 0 Å². The van der Waals surface area contributed by atoms with Crippen LogP contribution in [0.15, 0.2) is 54.6 Å². The number of hydrogen-bond donors (Lipinski definition) is 3. The molecule has 4 nitrogen and oxygen atoms in total. The molecule has 1 heterocycles. The second-order valence-corrected chi connectivity index (χ2v) is 7.10. The molecule has 1 aliphatic rings. The first-order chi connectivity index (χ1) is 12.2. The van der Waals surface area contributed by atoms with Gasteiger partial charge in [-0.2, -0.15) is 11.8 Å². The Hall–Kier alpha value is -2.26. The Labute approximate surface area is 152 Å². The molecule has 1 atom stereocenters. The van der Waals surface area contributed by atoms with E-state index in [1.54, 1.807) is 17.2 Å². The maximum Gasteiger partial charge on any atom is 0.264 e. The largest absolute Gasteiger partial charge is 0.298 e. The molecule has 128 valence electrons. The lowest BCUT2D eigenvalue weighted by Gasteiger charge is -2.27. The van der Waals surface area contributed by atoms with Crippen LogP contribution in [0.25, 0.3) is 0 Å². The number of thioether (sulfide) groups is 1. The van der Waals surface area contributed by atoms with Crippen molar-refractivity contribution in [2.45, 2.75) is 18.5 Å². The molecule has 1 amide bonds. The maximum absolute atomic E-state index is 12.0. The Bertz CT molecular complexity index is 773. The Balaban J connectivity index is 1.63. The average Bonchev–Trinajstić information content (AvgIpc) is 3.16. The van der Waals surface area contributed by atoms with Crippen LogP contribution in [-0.4, -0.2) is 28.2 Å². The second-order valence-electron chi connectivity index (χ2n) is 5.99. The molecule has 5 heteroatoms. The van der Waals surface area contributed by atoms with Crippen molar-refractivity contribution < 1.29 is 10.0 Å². The number of amides is 1. The van der Waals surface area contributed by atoms with Crippen LogP contribution in [0.1, 0.15) is 23.1 Å². The van der Waals surface area contributed by atoms with Crippen LogP contribution in [0, 0.1) is 11.8 Å². The molecule has 1 aliphatic heterocycles. The molecule has 3 N–H and O–H groups in total. The first-order valence-electron chi connectivity index (χ1n) is 8.15. The fraction of sp³-hybridized carbons (Fsp3) is 0.250. The highest BCUT2D eigenvalue weighted by Crippen LogP contribution is 2.28. The normalized spacial score (nSPS) is 19.1. The summed E-state index contributed by atoms with van der Waals surface area (Å²) in [5, 5.41) is 12.3. The van der Waals surface area contributed by atoms with E-state index in [1.807, 2.05) is 54.6 Å². The SMILES string of the molecule is O=C(NO)C1(NCc2ccc(C#Cc3ccccc3)cc2)CCSC1. The molecule has 0 spiro atoms. The highest BCUT2D eigenvalue weighted by Gasteiger charge is 2.41. The summed E-state index contributed by atoms with van der Waals surface area (Å²) in [5.41, 5.74) is 4.12. The molecule has 1 saturated heterocycles. The zero-order valence-corrected chi connectivity index (χ0v) is 14.6. The van der Waals surface area contributed by atoms with Crippen molar-refractivity contribution in [2.75, 3.05) is 11.5 Å². The van der Waals surface area contributed by atoms with Gasteiger partial charge in [0.05, 0.1) is 0 Å². The van der Waals surface area contributed by atoms with Gasteiger partial charge in [0.15, 0.2) is 0 Å². The van der Waals surface area contributed by atoms with E-state index in [2.05, 4.69) is 17.2 Å². The van der Waals surface area contributed by atoms with Crippen molar-refractivity contribution in [3.8, 4) is 11.8 Å². The van der Waals surface area contributed by atoms with Crippen LogP contribution >= 0.6 is 11.8 Å². The van der Waals surface area contributed by atoms with Gasteiger partial charge in [0, 0.05) is 23.4 Å². The molecule has 2 aromatic carbocycles. The van der Waals surface area contributed by atoms with Gasteiger partial charge in [-0.05, 0) is 42.0 Å². The van der Waals surface area contributed by atoms with E-state index in [-0.39, 0.29) is 5.91 Å². The predicted molar refractivity (Wildman–Crippen MR) is 100 cm³/mol. The van der Waals surface area contributed by atoms with Crippen LogP contribution in [0.5, 0.6) is 0 Å². The van der Waals surface area contributed by atoms with E-state index in [0.717, 1.165) is 22.4 Å². The minimum atomic E-state index is -0.689. The molecule has 2 aromatic rings. The van der Waals surface area contributed by atoms with Crippen molar-refractivity contribution in [2.24, 2.45) is 0 Å².